The van der Waals surface area contributed by atoms with E-state index in [0.29, 0.717) is 0 Å². The summed E-state index contributed by atoms with van der Waals surface area (Å²) in [6.07, 6.45) is 0. The largest absolute Gasteiger partial charge is 0.310 e. The molecule has 0 radical (unpaired) electrons. The van der Waals surface area contributed by atoms with Crippen molar-refractivity contribution in [3.8, 4) is 39.1 Å². The average Bonchev–Trinajstić information content (AvgIpc) is 3.85. The summed E-state index contributed by atoms with van der Waals surface area (Å²) < 4.78 is 2.42. The van der Waals surface area contributed by atoms with Crippen molar-refractivity contribution in [1.82, 2.24) is 4.57 Å². The summed E-state index contributed by atoms with van der Waals surface area (Å²) in [6.45, 7) is 0. The van der Waals surface area contributed by atoms with Gasteiger partial charge in [-0.25, -0.2) is 0 Å². The molecule has 10 aromatic carbocycles. The van der Waals surface area contributed by atoms with Crippen LogP contribution in [-0.4, -0.2) is 4.57 Å². The second-order valence-corrected chi connectivity index (χ2v) is 16.4. The Kier molecular flexibility index (Phi) is 8.76. The minimum absolute atomic E-state index is 0.597. The third kappa shape index (κ3) is 5.87. The van der Waals surface area contributed by atoms with Crippen molar-refractivity contribution >= 4 is 38.9 Å². The molecule has 1 atom stereocenters. The monoisotopic (exact) mass is 802 g/mol. The Morgan fingerprint density at radius 1 is 0.302 bits per heavy atom. The summed E-state index contributed by atoms with van der Waals surface area (Å²) in [7, 11) is 0. The Balaban J connectivity index is 1.10. The first-order valence-electron chi connectivity index (χ1n) is 21.8. The van der Waals surface area contributed by atoms with Gasteiger partial charge in [0.1, 0.15) is 0 Å². The number of aromatic nitrogens is 1. The molecule has 1 heterocycles. The number of fused-ring (bicyclic) bond motifs is 6. The molecule has 0 saturated heterocycles. The van der Waals surface area contributed by atoms with E-state index in [2.05, 4.69) is 264 Å². The van der Waals surface area contributed by atoms with Crippen LogP contribution in [0.5, 0.6) is 0 Å². The van der Waals surface area contributed by atoms with E-state index in [0.717, 1.165) is 28.3 Å². The van der Waals surface area contributed by atoms with Gasteiger partial charge in [-0.15, -0.1) is 0 Å². The minimum Gasteiger partial charge on any atom is -0.310 e. The molecule has 1 unspecified atom stereocenters. The second-order valence-electron chi connectivity index (χ2n) is 16.4. The standard InChI is InChI=1S/C61H42N2/c1-5-19-43(20-6-1)44-33-35-48(36-34-44)63-59-32-18-15-29-54(59)55-40-38-50(42-60(55)63)62(47-25-11-4-12-26-47)49-37-39-53-52-28-14-17-31-57(52)61(58(53)41-49,46-23-9-3-10-24-46)56-30-16-13-27-51(56)45-21-7-2-8-22-45/h1-42H. The number of anilines is 3. The van der Waals surface area contributed by atoms with E-state index in [9.17, 15) is 0 Å². The lowest BCUT2D eigenvalue weighted by Gasteiger charge is -2.36. The van der Waals surface area contributed by atoms with Gasteiger partial charge in [-0.05, 0) is 110 Å². The maximum Gasteiger partial charge on any atom is 0.0720 e. The van der Waals surface area contributed by atoms with Crippen LogP contribution in [0.15, 0.2) is 255 Å². The van der Waals surface area contributed by atoms with Crippen LogP contribution in [0.1, 0.15) is 22.3 Å². The van der Waals surface area contributed by atoms with Crippen molar-refractivity contribution in [3.05, 3.63) is 277 Å². The Morgan fingerprint density at radius 2 is 0.810 bits per heavy atom. The van der Waals surface area contributed by atoms with Gasteiger partial charge in [-0.2, -0.15) is 0 Å². The minimum atomic E-state index is -0.597. The number of hydrogen-bond acceptors (Lipinski definition) is 1. The maximum absolute atomic E-state index is 2.47. The molecule has 0 aliphatic heterocycles. The van der Waals surface area contributed by atoms with Gasteiger partial charge in [0.2, 0.25) is 0 Å². The van der Waals surface area contributed by atoms with Crippen molar-refractivity contribution in [2.24, 2.45) is 0 Å². The zero-order chi connectivity index (χ0) is 41.7. The smallest absolute Gasteiger partial charge is 0.0720 e. The predicted molar refractivity (Wildman–Crippen MR) is 264 cm³/mol. The van der Waals surface area contributed by atoms with Crippen LogP contribution < -0.4 is 4.90 Å². The zero-order valence-electron chi connectivity index (χ0n) is 34.6. The maximum atomic E-state index is 2.47. The van der Waals surface area contributed by atoms with E-state index in [1.807, 2.05) is 0 Å². The van der Waals surface area contributed by atoms with Crippen LogP contribution in [0.4, 0.5) is 17.1 Å². The summed E-state index contributed by atoms with van der Waals surface area (Å²) in [5.74, 6) is 0. The van der Waals surface area contributed by atoms with Crippen molar-refractivity contribution in [2.75, 3.05) is 4.90 Å². The van der Waals surface area contributed by atoms with E-state index < -0.39 is 5.41 Å². The van der Waals surface area contributed by atoms with Crippen LogP contribution in [0.25, 0.3) is 60.9 Å². The van der Waals surface area contributed by atoms with E-state index in [1.54, 1.807) is 0 Å². The van der Waals surface area contributed by atoms with Gasteiger partial charge in [0.25, 0.3) is 0 Å². The highest BCUT2D eigenvalue weighted by atomic mass is 15.1. The first-order valence-corrected chi connectivity index (χ1v) is 21.8. The molecular formula is C61H42N2. The van der Waals surface area contributed by atoms with E-state index in [-0.39, 0.29) is 0 Å². The molecule has 1 aliphatic rings. The predicted octanol–water partition coefficient (Wildman–Crippen LogP) is 16.0. The SMILES string of the molecule is c1ccc(-c2ccc(-n3c4ccccc4c4ccc(N(c5ccccc5)c5ccc6c(c5)C(c5ccccc5)(c5ccccc5-c5ccccc5)c5ccccc5-6)cc43)cc2)cc1. The molecule has 11 aromatic rings. The van der Waals surface area contributed by atoms with Crippen LogP contribution >= 0.6 is 0 Å². The molecule has 296 valence electrons. The summed E-state index contributed by atoms with van der Waals surface area (Å²) in [5.41, 5.74) is 18.6. The number of nitrogens with zero attached hydrogens (tertiary/aromatic N) is 2. The molecule has 12 rings (SSSR count). The highest BCUT2D eigenvalue weighted by Crippen LogP contribution is 2.59. The average molecular weight is 803 g/mol. The zero-order valence-corrected chi connectivity index (χ0v) is 34.6. The summed E-state index contributed by atoms with van der Waals surface area (Å²) in [5, 5.41) is 2.46. The van der Waals surface area contributed by atoms with E-state index in [1.165, 1.54) is 71.9 Å². The molecule has 2 nitrogen and oxygen atoms in total. The van der Waals surface area contributed by atoms with E-state index in [4.69, 9.17) is 0 Å². The first kappa shape index (κ1) is 36.6. The number of benzene rings is 10. The molecule has 0 fully saturated rings. The third-order valence-electron chi connectivity index (χ3n) is 13.1. The Morgan fingerprint density at radius 3 is 1.54 bits per heavy atom. The molecule has 0 N–H and O–H groups in total. The molecule has 0 saturated carbocycles. The number of para-hydroxylation sites is 2. The van der Waals surface area contributed by atoms with Gasteiger partial charge in [0.05, 0.1) is 16.4 Å². The molecule has 63 heavy (non-hydrogen) atoms. The Labute approximate surface area is 368 Å². The summed E-state index contributed by atoms with van der Waals surface area (Å²) in [6, 6.07) is 93.4. The highest BCUT2D eigenvalue weighted by Gasteiger charge is 2.47. The Hall–Kier alpha value is -8.20. The molecule has 0 bridgehead atoms. The summed E-state index contributed by atoms with van der Waals surface area (Å²) >= 11 is 0. The fraction of sp³-hybridized carbons (Fsp3) is 0.0164. The van der Waals surface area contributed by atoms with Gasteiger partial charge in [0, 0.05) is 33.5 Å². The van der Waals surface area contributed by atoms with Crippen molar-refractivity contribution in [2.45, 2.75) is 5.41 Å². The van der Waals surface area contributed by atoms with Crippen LogP contribution in [0.2, 0.25) is 0 Å². The topological polar surface area (TPSA) is 8.17 Å². The normalized spacial score (nSPS) is 14.1. The van der Waals surface area contributed by atoms with Gasteiger partial charge in [0.15, 0.2) is 0 Å². The van der Waals surface area contributed by atoms with Crippen molar-refractivity contribution in [1.29, 1.82) is 0 Å². The second kappa shape index (κ2) is 15.1. The van der Waals surface area contributed by atoms with Crippen molar-refractivity contribution in [3.63, 3.8) is 0 Å². The number of rotatable bonds is 8. The lowest BCUT2D eigenvalue weighted by atomic mass is 9.66. The third-order valence-corrected chi connectivity index (χ3v) is 13.1. The lowest BCUT2D eigenvalue weighted by Crippen LogP contribution is -2.29. The molecule has 1 aliphatic carbocycles. The van der Waals surface area contributed by atoms with Gasteiger partial charge in [-0.1, -0.05) is 200 Å². The lowest BCUT2D eigenvalue weighted by molar-refractivity contribution is 0.770. The van der Waals surface area contributed by atoms with Gasteiger partial charge in [-0.3, -0.25) is 0 Å². The summed E-state index contributed by atoms with van der Waals surface area (Å²) in [4.78, 5) is 2.43. The quantitative estimate of drug-likeness (QED) is 0.149. The van der Waals surface area contributed by atoms with Crippen LogP contribution in [0.3, 0.4) is 0 Å². The van der Waals surface area contributed by atoms with Crippen LogP contribution in [0, 0.1) is 0 Å². The van der Waals surface area contributed by atoms with E-state index >= 15 is 0 Å². The Bertz CT molecular complexity index is 3430. The van der Waals surface area contributed by atoms with Crippen LogP contribution in [-0.2, 0) is 5.41 Å². The van der Waals surface area contributed by atoms with Crippen molar-refractivity contribution < 1.29 is 0 Å². The molecule has 0 amide bonds. The van der Waals surface area contributed by atoms with Gasteiger partial charge < -0.3 is 9.47 Å². The molecular weight excluding hydrogens is 761 g/mol. The highest BCUT2D eigenvalue weighted by molar-refractivity contribution is 6.10. The fourth-order valence-corrected chi connectivity index (χ4v) is 10.4. The fourth-order valence-electron chi connectivity index (χ4n) is 10.4. The molecule has 2 heteroatoms. The molecule has 0 spiro atoms. The van der Waals surface area contributed by atoms with Gasteiger partial charge >= 0.3 is 0 Å². The number of hydrogen-bond donors (Lipinski definition) is 0. The first-order chi connectivity index (χ1) is 31.3. The molecule has 1 aromatic heterocycles.